The zero-order chi connectivity index (χ0) is 14.0. The molecule has 1 amide bonds. The van der Waals surface area contributed by atoms with E-state index in [9.17, 15) is 14.9 Å². The Kier molecular flexibility index (Phi) is 3.52. The molecule has 7 heteroatoms. The summed E-state index contributed by atoms with van der Waals surface area (Å²) in [5.41, 5.74) is 1.04. The molecular formula is C12H10ClN3O3. The third-order valence-corrected chi connectivity index (χ3v) is 2.86. The number of nitro benzene ring substituents is 1. The highest BCUT2D eigenvalue weighted by Crippen LogP contribution is 2.25. The SMILES string of the molecule is Cc1c(NC(=O)c2cc(Cl)c[nH]2)cccc1[N+](=O)[O-]. The normalized spacial score (nSPS) is 10.2. The predicted octanol–water partition coefficient (Wildman–Crippen LogP) is 3.14. The third kappa shape index (κ3) is 2.74. The smallest absolute Gasteiger partial charge is 0.274 e. The Morgan fingerprint density at radius 2 is 2.21 bits per heavy atom. The van der Waals surface area contributed by atoms with Gasteiger partial charge in [-0.1, -0.05) is 17.7 Å². The Hall–Kier alpha value is -2.34. The largest absolute Gasteiger partial charge is 0.356 e. The number of halogens is 1. The fraction of sp³-hybridized carbons (Fsp3) is 0.0833. The van der Waals surface area contributed by atoms with Crippen molar-refractivity contribution in [1.82, 2.24) is 4.98 Å². The molecule has 1 aromatic carbocycles. The zero-order valence-corrected chi connectivity index (χ0v) is 10.7. The number of aromatic nitrogens is 1. The van der Waals surface area contributed by atoms with Crippen molar-refractivity contribution in [3.8, 4) is 0 Å². The van der Waals surface area contributed by atoms with Gasteiger partial charge in [-0.15, -0.1) is 0 Å². The van der Waals surface area contributed by atoms with Crippen LogP contribution in [-0.4, -0.2) is 15.8 Å². The summed E-state index contributed by atoms with van der Waals surface area (Å²) in [6, 6.07) is 5.98. The number of hydrogen-bond acceptors (Lipinski definition) is 3. The molecule has 2 N–H and O–H groups in total. The molecule has 0 fully saturated rings. The highest BCUT2D eigenvalue weighted by molar-refractivity contribution is 6.31. The first-order chi connectivity index (χ1) is 8.99. The number of hydrogen-bond donors (Lipinski definition) is 2. The van der Waals surface area contributed by atoms with Crippen molar-refractivity contribution >= 4 is 28.9 Å². The Morgan fingerprint density at radius 3 is 2.79 bits per heavy atom. The van der Waals surface area contributed by atoms with Gasteiger partial charge >= 0.3 is 0 Å². The molecule has 0 saturated carbocycles. The quantitative estimate of drug-likeness (QED) is 0.668. The minimum atomic E-state index is -0.490. The van der Waals surface area contributed by atoms with E-state index < -0.39 is 10.8 Å². The van der Waals surface area contributed by atoms with Crippen LogP contribution in [0.3, 0.4) is 0 Å². The molecule has 0 spiro atoms. The standard InChI is InChI=1S/C12H10ClN3O3/c1-7-9(3-2-4-11(7)16(18)19)15-12(17)10-5-8(13)6-14-10/h2-6,14H,1H3,(H,15,17). The van der Waals surface area contributed by atoms with E-state index in [-0.39, 0.29) is 11.4 Å². The van der Waals surface area contributed by atoms with Gasteiger partial charge in [0.25, 0.3) is 11.6 Å². The van der Waals surface area contributed by atoms with Crippen LogP contribution in [0.1, 0.15) is 16.1 Å². The lowest BCUT2D eigenvalue weighted by molar-refractivity contribution is -0.385. The van der Waals surface area contributed by atoms with Gasteiger partial charge in [0.15, 0.2) is 0 Å². The lowest BCUT2D eigenvalue weighted by Gasteiger charge is -2.07. The molecule has 1 aromatic heterocycles. The number of aromatic amines is 1. The van der Waals surface area contributed by atoms with E-state index in [2.05, 4.69) is 10.3 Å². The first-order valence-corrected chi connectivity index (χ1v) is 5.76. The van der Waals surface area contributed by atoms with Crippen molar-refractivity contribution in [3.05, 3.63) is 56.9 Å². The van der Waals surface area contributed by atoms with Crippen LogP contribution >= 0.6 is 11.6 Å². The molecule has 0 unspecified atom stereocenters. The highest BCUT2D eigenvalue weighted by atomic mass is 35.5. The summed E-state index contributed by atoms with van der Waals surface area (Å²) in [6.07, 6.45) is 1.48. The second-order valence-corrected chi connectivity index (χ2v) is 4.33. The van der Waals surface area contributed by atoms with E-state index in [4.69, 9.17) is 11.6 Å². The Labute approximate surface area is 113 Å². The Balaban J connectivity index is 2.27. The Morgan fingerprint density at radius 1 is 1.47 bits per heavy atom. The molecule has 0 radical (unpaired) electrons. The lowest BCUT2D eigenvalue weighted by Crippen LogP contribution is -2.13. The third-order valence-electron chi connectivity index (χ3n) is 2.64. The zero-order valence-electron chi connectivity index (χ0n) is 9.94. The molecule has 1 heterocycles. The summed E-state index contributed by atoms with van der Waals surface area (Å²) in [5, 5.41) is 13.8. The van der Waals surface area contributed by atoms with Crippen molar-refractivity contribution in [3.63, 3.8) is 0 Å². The van der Waals surface area contributed by atoms with Crippen LogP contribution < -0.4 is 5.32 Å². The first kappa shape index (κ1) is 13.1. The van der Waals surface area contributed by atoms with Crippen molar-refractivity contribution in [2.45, 2.75) is 6.92 Å². The second-order valence-electron chi connectivity index (χ2n) is 3.89. The van der Waals surface area contributed by atoms with Gasteiger partial charge in [0.05, 0.1) is 21.2 Å². The van der Waals surface area contributed by atoms with Gasteiger partial charge in [-0.2, -0.15) is 0 Å². The number of nitro groups is 1. The fourth-order valence-corrected chi connectivity index (χ4v) is 1.81. The summed E-state index contributed by atoms with van der Waals surface area (Å²) >= 11 is 5.70. The molecule has 0 aliphatic heterocycles. The van der Waals surface area contributed by atoms with Gasteiger partial charge in [-0.25, -0.2) is 0 Å². The van der Waals surface area contributed by atoms with Crippen molar-refractivity contribution < 1.29 is 9.72 Å². The molecule has 0 aliphatic carbocycles. The average Bonchev–Trinajstić information content (AvgIpc) is 2.78. The van der Waals surface area contributed by atoms with Crippen molar-refractivity contribution in [1.29, 1.82) is 0 Å². The van der Waals surface area contributed by atoms with Crippen LogP contribution in [0.15, 0.2) is 30.5 Å². The van der Waals surface area contributed by atoms with E-state index in [0.717, 1.165) is 0 Å². The summed E-state index contributed by atoms with van der Waals surface area (Å²) < 4.78 is 0. The summed E-state index contributed by atoms with van der Waals surface area (Å²) in [7, 11) is 0. The van der Waals surface area contributed by atoms with E-state index in [0.29, 0.717) is 16.3 Å². The number of nitrogens with one attached hydrogen (secondary N) is 2. The van der Waals surface area contributed by atoms with Crippen molar-refractivity contribution in [2.24, 2.45) is 0 Å². The molecule has 2 rings (SSSR count). The number of rotatable bonds is 3. The van der Waals surface area contributed by atoms with Crippen LogP contribution in [0.2, 0.25) is 5.02 Å². The molecular weight excluding hydrogens is 270 g/mol. The van der Waals surface area contributed by atoms with E-state index >= 15 is 0 Å². The van der Waals surface area contributed by atoms with Crippen LogP contribution in [0, 0.1) is 17.0 Å². The molecule has 0 aliphatic rings. The summed E-state index contributed by atoms with van der Waals surface area (Å²) in [6.45, 7) is 1.58. The number of benzene rings is 1. The maximum absolute atomic E-state index is 11.9. The molecule has 2 aromatic rings. The summed E-state index contributed by atoms with van der Waals surface area (Å²) in [4.78, 5) is 24.9. The van der Waals surface area contributed by atoms with Gasteiger partial charge in [0.2, 0.25) is 0 Å². The minimum Gasteiger partial charge on any atom is -0.356 e. The topological polar surface area (TPSA) is 88.0 Å². The number of nitrogens with zero attached hydrogens (tertiary/aromatic N) is 1. The van der Waals surface area contributed by atoms with Gasteiger partial charge in [0.1, 0.15) is 5.69 Å². The second kappa shape index (κ2) is 5.11. The number of H-pyrrole nitrogens is 1. The molecule has 0 bridgehead atoms. The fourth-order valence-electron chi connectivity index (χ4n) is 1.65. The number of amides is 1. The molecule has 98 valence electrons. The van der Waals surface area contributed by atoms with E-state index in [1.807, 2.05) is 0 Å². The number of carbonyl (C=O) groups is 1. The van der Waals surface area contributed by atoms with Gasteiger partial charge in [-0.05, 0) is 19.1 Å². The molecule has 19 heavy (non-hydrogen) atoms. The van der Waals surface area contributed by atoms with Gasteiger partial charge < -0.3 is 10.3 Å². The highest BCUT2D eigenvalue weighted by Gasteiger charge is 2.16. The van der Waals surface area contributed by atoms with Crippen LogP contribution in [0.4, 0.5) is 11.4 Å². The van der Waals surface area contributed by atoms with Crippen LogP contribution in [-0.2, 0) is 0 Å². The lowest BCUT2D eigenvalue weighted by atomic mass is 10.1. The van der Waals surface area contributed by atoms with Crippen molar-refractivity contribution in [2.75, 3.05) is 5.32 Å². The average molecular weight is 280 g/mol. The predicted molar refractivity (Wildman–Crippen MR) is 71.6 cm³/mol. The molecule has 0 atom stereocenters. The van der Waals surface area contributed by atoms with Crippen LogP contribution in [0.25, 0.3) is 0 Å². The maximum atomic E-state index is 11.9. The first-order valence-electron chi connectivity index (χ1n) is 5.38. The maximum Gasteiger partial charge on any atom is 0.274 e. The monoisotopic (exact) mass is 279 g/mol. The van der Waals surface area contributed by atoms with Crippen LogP contribution in [0.5, 0.6) is 0 Å². The number of anilines is 1. The Bertz CT molecular complexity index is 651. The minimum absolute atomic E-state index is 0.0395. The number of carbonyl (C=O) groups excluding carboxylic acids is 1. The van der Waals surface area contributed by atoms with E-state index in [1.165, 1.54) is 24.4 Å². The molecule has 0 saturated heterocycles. The summed E-state index contributed by atoms with van der Waals surface area (Å²) in [5.74, 6) is -0.407. The molecule has 6 nitrogen and oxygen atoms in total. The van der Waals surface area contributed by atoms with E-state index in [1.54, 1.807) is 13.0 Å². The van der Waals surface area contributed by atoms with Gasteiger partial charge in [-0.3, -0.25) is 14.9 Å². The van der Waals surface area contributed by atoms with Gasteiger partial charge in [0, 0.05) is 12.3 Å².